The Labute approximate surface area is 116 Å². The van der Waals surface area contributed by atoms with Crippen molar-refractivity contribution in [1.82, 2.24) is 15.2 Å². The van der Waals surface area contributed by atoms with E-state index in [1.54, 1.807) is 11.8 Å². The van der Waals surface area contributed by atoms with Crippen LogP contribution in [-0.2, 0) is 16.1 Å². The Bertz CT molecular complexity index is 524. The van der Waals surface area contributed by atoms with Crippen LogP contribution in [0.2, 0.25) is 0 Å². The topological polar surface area (TPSA) is 62.3 Å². The second kappa shape index (κ2) is 4.59. The molecule has 2 atom stereocenters. The van der Waals surface area contributed by atoms with Gasteiger partial charge >= 0.3 is 0 Å². The van der Waals surface area contributed by atoms with Gasteiger partial charge in [0.05, 0.1) is 6.54 Å². The minimum absolute atomic E-state index is 0.0439. The second-order valence-electron chi connectivity index (χ2n) is 5.35. The molecule has 3 rings (SSSR count). The standard InChI is InChI=1S/C13H17N3O2S/c1-7-6-19-10(14-7)5-16-8(2)12(17)15-11(13(16)18)9-3-4-9/h6,8-9,11H,3-5H2,1-2H3,(H,15,17). The maximum Gasteiger partial charge on any atom is 0.246 e. The maximum atomic E-state index is 12.5. The van der Waals surface area contributed by atoms with Crippen LogP contribution in [0.25, 0.3) is 0 Å². The van der Waals surface area contributed by atoms with Gasteiger partial charge in [0.15, 0.2) is 0 Å². The van der Waals surface area contributed by atoms with E-state index < -0.39 is 6.04 Å². The molecule has 1 aliphatic carbocycles. The smallest absolute Gasteiger partial charge is 0.246 e. The Morgan fingerprint density at radius 2 is 2.21 bits per heavy atom. The number of piperazine rings is 1. The van der Waals surface area contributed by atoms with Gasteiger partial charge in [-0.15, -0.1) is 11.3 Å². The highest BCUT2D eigenvalue weighted by atomic mass is 32.1. The Balaban J connectivity index is 1.80. The molecule has 1 saturated carbocycles. The molecule has 1 aliphatic heterocycles. The van der Waals surface area contributed by atoms with E-state index in [2.05, 4.69) is 10.3 Å². The fourth-order valence-electron chi connectivity index (χ4n) is 2.43. The van der Waals surface area contributed by atoms with Crippen molar-refractivity contribution >= 4 is 23.2 Å². The van der Waals surface area contributed by atoms with Crippen molar-refractivity contribution in [2.24, 2.45) is 5.92 Å². The Kier molecular flexibility index (Phi) is 3.05. The monoisotopic (exact) mass is 279 g/mol. The molecule has 1 saturated heterocycles. The highest BCUT2D eigenvalue weighted by Crippen LogP contribution is 2.35. The van der Waals surface area contributed by atoms with Crippen molar-refractivity contribution in [2.45, 2.75) is 45.3 Å². The number of aryl methyl sites for hydroxylation is 1. The van der Waals surface area contributed by atoms with Crippen LogP contribution in [-0.4, -0.2) is 33.8 Å². The van der Waals surface area contributed by atoms with E-state index in [4.69, 9.17) is 0 Å². The number of carbonyl (C=O) groups excluding carboxylic acids is 2. The Morgan fingerprint density at radius 3 is 2.79 bits per heavy atom. The van der Waals surface area contributed by atoms with Crippen LogP contribution in [0.5, 0.6) is 0 Å². The second-order valence-corrected chi connectivity index (χ2v) is 6.29. The summed E-state index contributed by atoms with van der Waals surface area (Å²) in [5.41, 5.74) is 0.959. The van der Waals surface area contributed by atoms with E-state index in [-0.39, 0.29) is 17.9 Å². The fraction of sp³-hybridized carbons (Fsp3) is 0.615. The minimum atomic E-state index is -0.410. The summed E-state index contributed by atoms with van der Waals surface area (Å²) in [6.07, 6.45) is 2.07. The number of thiazole rings is 1. The van der Waals surface area contributed by atoms with Crippen molar-refractivity contribution in [3.8, 4) is 0 Å². The molecule has 2 aliphatic rings. The van der Waals surface area contributed by atoms with Crippen LogP contribution in [0.15, 0.2) is 5.38 Å². The van der Waals surface area contributed by atoms with E-state index in [1.807, 2.05) is 12.3 Å². The lowest BCUT2D eigenvalue weighted by atomic mass is 10.0. The van der Waals surface area contributed by atoms with E-state index in [0.29, 0.717) is 12.5 Å². The predicted octanol–water partition coefficient (Wildman–Crippen LogP) is 1.08. The van der Waals surface area contributed by atoms with Crippen molar-refractivity contribution in [2.75, 3.05) is 0 Å². The van der Waals surface area contributed by atoms with Gasteiger partial charge in [-0.25, -0.2) is 4.98 Å². The largest absolute Gasteiger partial charge is 0.342 e. The van der Waals surface area contributed by atoms with Gasteiger partial charge in [-0.1, -0.05) is 0 Å². The normalized spacial score (nSPS) is 27.6. The Hall–Kier alpha value is -1.43. The molecule has 1 aromatic rings. The summed E-state index contributed by atoms with van der Waals surface area (Å²) in [7, 11) is 0. The third-order valence-electron chi connectivity index (χ3n) is 3.76. The van der Waals surface area contributed by atoms with Crippen LogP contribution in [0.3, 0.4) is 0 Å². The number of hydrogen-bond donors (Lipinski definition) is 1. The molecule has 6 heteroatoms. The summed E-state index contributed by atoms with van der Waals surface area (Å²) in [5.74, 6) is 0.330. The van der Waals surface area contributed by atoms with Gasteiger partial charge in [0, 0.05) is 11.1 Å². The fourth-order valence-corrected chi connectivity index (χ4v) is 3.20. The number of nitrogens with one attached hydrogen (secondary N) is 1. The number of amides is 2. The first-order valence-electron chi connectivity index (χ1n) is 6.58. The average molecular weight is 279 g/mol. The summed E-state index contributed by atoms with van der Waals surface area (Å²) in [4.78, 5) is 30.5. The van der Waals surface area contributed by atoms with Gasteiger partial charge in [0.25, 0.3) is 0 Å². The van der Waals surface area contributed by atoms with Gasteiger partial charge in [-0.2, -0.15) is 0 Å². The zero-order valence-electron chi connectivity index (χ0n) is 11.0. The summed E-state index contributed by atoms with van der Waals surface area (Å²) < 4.78 is 0. The molecular formula is C13H17N3O2S. The van der Waals surface area contributed by atoms with Crippen LogP contribution >= 0.6 is 11.3 Å². The quantitative estimate of drug-likeness (QED) is 0.900. The highest BCUT2D eigenvalue weighted by molar-refractivity contribution is 7.09. The van der Waals surface area contributed by atoms with Gasteiger partial charge in [-0.3, -0.25) is 9.59 Å². The SMILES string of the molecule is Cc1csc(CN2C(=O)C(C3CC3)NC(=O)C2C)n1. The molecule has 1 N–H and O–H groups in total. The lowest BCUT2D eigenvalue weighted by molar-refractivity contribution is -0.149. The minimum Gasteiger partial charge on any atom is -0.342 e. The lowest BCUT2D eigenvalue weighted by Gasteiger charge is -2.37. The molecule has 5 nitrogen and oxygen atoms in total. The Morgan fingerprint density at radius 1 is 1.47 bits per heavy atom. The van der Waals surface area contributed by atoms with Crippen LogP contribution < -0.4 is 5.32 Å². The molecule has 1 aromatic heterocycles. The van der Waals surface area contributed by atoms with Crippen LogP contribution in [0.1, 0.15) is 30.5 Å². The average Bonchev–Trinajstić information content (AvgIpc) is 3.13. The first-order valence-corrected chi connectivity index (χ1v) is 7.46. The summed E-state index contributed by atoms with van der Waals surface area (Å²) >= 11 is 1.54. The van der Waals surface area contributed by atoms with E-state index in [9.17, 15) is 9.59 Å². The molecule has 2 fully saturated rings. The first kappa shape index (κ1) is 12.6. The summed E-state index contributed by atoms with van der Waals surface area (Å²) in [6.45, 7) is 4.15. The number of hydrogen-bond acceptors (Lipinski definition) is 4. The molecule has 102 valence electrons. The van der Waals surface area contributed by atoms with Crippen molar-refractivity contribution in [3.63, 3.8) is 0 Å². The maximum absolute atomic E-state index is 12.5. The molecule has 2 amide bonds. The molecule has 2 heterocycles. The first-order chi connectivity index (χ1) is 9.06. The third-order valence-corrected chi connectivity index (χ3v) is 4.71. The summed E-state index contributed by atoms with van der Waals surface area (Å²) in [5, 5.41) is 5.71. The number of rotatable bonds is 3. The van der Waals surface area contributed by atoms with E-state index >= 15 is 0 Å². The molecule has 0 radical (unpaired) electrons. The molecular weight excluding hydrogens is 262 g/mol. The van der Waals surface area contributed by atoms with Crippen LogP contribution in [0, 0.1) is 12.8 Å². The predicted molar refractivity (Wildman–Crippen MR) is 71.5 cm³/mol. The number of aromatic nitrogens is 1. The van der Waals surface area contributed by atoms with E-state index in [0.717, 1.165) is 23.5 Å². The highest BCUT2D eigenvalue weighted by Gasteiger charge is 2.45. The molecule has 19 heavy (non-hydrogen) atoms. The van der Waals surface area contributed by atoms with Gasteiger partial charge in [0.1, 0.15) is 17.1 Å². The van der Waals surface area contributed by atoms with Crippen molar-refractivity contribution in [1.29, 1.82) is 0 Å². The number of carbonyl (C=O) groups is 2. The summed E-state index contributed by atoms with van der Waals surface area (Å²) in [6, 6.07) is -0.725. The van der Waals surface area contributed by atoms with Crippen molar-refractivity contribution in [3.05, 3.63) is 16.1 Å². The molecule has 0 bridgehead atoms. The zero-order valence-corrected chi connectivity index (χ0v) is 11.9. The van der Waals surface area contributed by atoms with Crippen LogP contribution in [0.4, 0.5) is 0 Å². The molecule has 0 spiro atoms. The van der Waals surface area contributed by atoms with Gasteiger partial charge in [0.2, 0.25) is 11.8 Å². The van der Waals surface area contributed by atoms with Crippen molar-refractivity contribution < 1.29 is 9.59 Å². The van der Waals surface area contributed by atoms with Gasteiger partial charge in [-0.05, 0) is 32.6 Å². The molecule has 0 aromatic carbocycles. The zero-order chi connectivity index (χ0) is 13.6. The molecule has 2 unspecified atom stereocenters. The van der Waals surface area contributed by atoms with Gasteiger partial charge < -0.3 is 10.2 Å². The lowest BCUT2D eigenvalue weighted by Crippen LogP contribution is -2.62. The number of nitrogens with zero attached hydrogens (tertiary/aromatic N) is 2. The third kappa shape index (κ3) is 2.36. The van der Waals surface area contributed by atoms with E-state index in [1.165, 1.54) is 11.3 Å².